The number of Topliss-reactive ketones (excluding diaryl/α,β-unsaturated/α-hetero) is 1. The van der Waals surface area contributed by atoms with E-state index in [9.17, 15) is 4.79 Å². The molecule has 2 bridgehead atoms. The number of hydrogen-bond donors (Lipinski definition) is 0. The summed E-state index contributed by atoms with van der Waals surface area (Å²) in [6.07, 6.45) is 3.46. The number of hydrogen-bond acceptors (Lipinski definition) is 1. The molecule has 2 atom stereocenters. The van der Waals surface area contributed by atoms with Crippen LogP contribution >= 0.6 is 0 Å². The van der Waals surface area contributed by atoms with E-state index in [0.717, 1.165) is 18.4 Å². The van der Waals surface area contributed by atoms with Crippen molar-refractivity contribution in [2.75, 3.05) is 0 Å². The first kappa shape index (κ1) is 11.9. The van der Waals surface area contributed by atoms with Crippen LogP contribution in [0.4, 0.5) is 0 Å². The van der Waals surface area contributed by atoms with E-state index in [2.05, 4.69) is 34.6 Å². The van der Waals surface area contributed by atoms with Crippen molar-refractivity contribution in [1.82, 2.24) is 0 Å². The van der Waals surface area contributed by atoms with Crippen LogP contribution < -0.4 is 0 Å². The smallest absolute Gasteiger partial charge is 0.164 e. The standard InChI is InChI=1S/C15H24O/c1-9(2)13-11(5)14(16)15(10(3)4)7-6-12(13)8-15/h9-10,12H,6-8H2,1-5H3. The molecule has 1 saturated carbocycles. The number of ketones is 1. The third-order valence-corrected chi connectivity index (χ3v) is 4.94. The summed E-state index contributed by atoms with van der Waals surface area (Å²) in [5.41, 5.74) is 2.55. The molecule has 0 amide bonds. The molecule has 1 heteroatoms. The number of fused-ring (bicyclic) bond motifs is 2. The Balaban J connectivity index is 2.47. The third-order valence-electron chi connectivity index (χ3n) is 4.94. The van der Waals surface area contributed by atoms with E-state index in [1.807, 2.05) is 0 Å². The molecule has 0 saturated heterocycles. The molecular weight excluding hydrogens is 196 g/mol. The summed E-state index contributed by atoms with van der Waals surface area (Å²) in [6, 6.07) is 0. The van der Waals surface area contributed by atoms with Gasteiger partial charge >= 0.3 is 0 Å². The fourth-order valence-electron chi connectivity index (χ4n) is 4.05. The van der Waals surface area contributed by atoms with Crippen LogP contribution in [0.3, 0.4) is 0 Å². The summed E-state index contributed by atoms with van der Waals surface area (Å²) in [7, 11) is 0. The predicted molar refractivity (Wildman–Crippen MR) is 67.2 cm³/mol. The van der Waals surface area contributed by atoms with E-state index < -0.39 is 0 Å². The molecule has 2 rings (SSSR count). The first-order chi connectivity index (χ1) is 7.40. The maximum Gasteiger partial charge on any atom is 0.164 e. The SMILES string of the molecule is CC1=C(C(C)C)C2CCC(C(C)C)(C2)C1=O. The average molecular weight is 220 g/mol. The molecule has 2 unspecified atom stereocenters. The molecule has 0 aromatic rings. The van der Waals surface area contributed by atoms with Crippen LogP contribution in [0.1, 0.15) is 53.9 Å². The molecule has 2 aliphatic carbocycles. The Labute approximate surface area is 99.3 Å². The van der Waals surface area contributed by atoms with Crippen molar-refractivity contribution in [1.29, 1.82) is 0 Å². The van der Waals surface area contributed by atoms with Crippen molar-refractivity contribution in [2.24, 2.45) is 23.2 Å². The zero-order chi connectivity index (χ0) is 12.1. The number of carbonyl (C=O) groups excluding carboxylic acids is 1. The fraction of sp³-hybridized carbons (Fsp3) is 0.800. The Morgan fingerprint density at radius 3 is 2.38 bits per heavy atom. The van der Waals surface area contributed by atoms with E-state index in [0.29, 0.717) is 23.5 Å². The molecular formula is C15H24O. The van der Waals surface area contributed by atoms with Gasteiger partial charge in [0.15, 0.2) is 5.78 Å². The summed E-state index contributed by atoms with van der Waals surface area (Å²) in [5, 5.41) is 0. The van der Waals surface area contributed by atoms with Crippen LogP contribution in [-0.2, 0) is 4.79 Å². The van der Waals surface area contributed by atoms with Crippen LogP contribution in [0, 0.1) is 23.2 Å². The summed E-state index contributed by atoms with van der Waals surface area (Å²) >= 11 is 0. The first-order valence-corrected chi connectivity index (χ1v) is 6.65. The van der Waals surface area contributed by atoms with Gasteiger partial charge in [0.25, 0.3) is 0 Å². The molecule has 0 radical (unpaired) electrons. The van der Waals surface area contributed by atoms with Crippen LogP contribution in [0.15, 0.2) is 11.1 Å². The van der Waals surface area contributed by atoms with E-state index >= 15 is 0 Å². The van der Waals surface area contributed by atoms with Gasteiger partial charge in [-0.25, -0.2) is 0 Å². The number of rotatable bonds is 2. The lowest BCUT2D eigenvalue weighted by Gasteiger charge is -2.38. The summed E-state index contributed by atoms with van der Waals surface area (Å²) in [4.78, 5) is 12.6. The minimum atomic E-state index is -0.00681. The highest BCUT2D eigenvalue weighted by molar-refractivity contribution is 6.01. The van der Waals surface area contributed by atoms with Crippen molar-refractivity contribution in [3.05, 3.63) is 11.1 Å². The Bertz CT molecular complexity index is 348. The summed E-state index contributed by atoms with van der Waals surface area (Å²) < 4.78 is 0. The molecule has 90 valence electrons. The van der Waals surface area contributed by atoms with Crippen LogP contribution in [0.2, 0.25) is 0 Å². The zero-order valence-electron chi connectivity index (χ0n) is 11.3. The Morgan fingerprint density at radius 1 is 1.25 bits per heavy atom. The monoisotopic (exact) mass is 220 g/mol. The highest BCUT2D eigenvalue weighted by atomic mass is 16.1. The lowest BCUT2D eigenvalue weighted by atomic mass is 9.65. The predicted octanol–water partition coefficient (Wildman–Crippen LogP) is 3.98. The minimum absolute atomic E-state index is 0.00681. The maximum atomic E-state index is 12.6. The van der Waals surface area contributed by atoms with Gasteiger partial charge in [0.1, 0.15) is 0 Å². The first-order valence-electron chi connectivity index (χ1n) is 6.65. The highest BCUT2D eigenvalue weighted by Crippen LogP contribution is 2.56. The Hall–Kier alpha value is -0.590. The van der Waals surface area contributed by atoms with Crippen molar-refractivity contribution >= 4 is 5.78 Å². The summed E-state index contributed by atoms with van der Waals surface area (Å²) in [5.74, 6) is 2.19. The third kappa shape index (κ3) is 1.40. The van der Waals surface area contributed by atoms with Crippen molar-refractivity contribution in [2.45, 2.75) is 53.9 Å². The van der Waals surface area contributed by atoms with E-state index in [1.165, 1.54) is 12.0 Å². The average Bonchev–Trinajstić information content (AvgIpc) is 2.57. The van der Waals surface area contributed by atoms with Crippen molar-refractivity contribution in [3.8, 4) is 0 Å². The largest absolute Gasteiger partial charge is 0.294 e. The molecule has 0 aromatic heterocycles. The molecule has 16 heavy (non-hydrogen) atoms. The number of carbonyl (C=O) groups is 1. The quantitative estimate of drug-likeness (QED) is 0.688. The normalized spacial score (nSPS) is 34.4. The molecule has 0 aliphatic heterocycles. The fourth-order valence-corrected chi connectivity index (χ4v) is 4.05. The Morgan fingerprint density at radius 2 is 1.88 bits per heavy atom. The van der Waals surface area contributed by atoms with Gasteiger partial charge in [-0.05, 0) is 49.5 Å². The van der Waals surface area contributed by atoms with Gasteiger partial charge in [-0.15, -0.1) is 0 Å². The van der Waals surface area contributed by atoms with E-state index in [-0.39, 0.29) is 5.41 Å². The molecule has 0 heterocycles. The molecule has 0 spiro atoms. The van der Waals surface area contributed by atoms with E-state index in [4.69, 9.17) is 0 Å². The van der Waals surface area contributed by atoms with Crippen LogP contribution in [0.25, 0.3) is 0 Å². The molecule has 1 fully saturated rings. The zero-order valence-corrected chi connectivity index (χ0v) is 11.3. The second-order valence-electron chi connectivity index (χ2n) is 6.31. The lowest BCUT2D eigenvalue weighted by Crippen LogP contribution is -2.38. The highest BCUT2D eigenvalue weighted by Gasteiger charge is 2.52. The lowest BCUT2D eigenvalue weighted by molar-refractivity contribution is -0.127. The van der Waals surface area contributed by atoms with Gasteiger partial charge in [-0.2, -0.15) is 0 Å². The molecule has 0 aromatic carbocycles. The van der Waals surface area contributed by atoms with Crippen molar-refractivity contribution in [3.63, 3.8) is 0 Å². The van der Waals surface area contributed by atoms with E-state index in [1.54, 1.807) is 0 Å². The van der Waals surface area contributed by atoms with Crippen molar-refractivity contribution < 1.29 is 4.79 Å². The topological polar surface area (TPSA) is 17.1 Å². The molecule has 2 aliphatic rings. The molecule has 1 nitrogen and oxygen atoms in total. The van der Waals surface area contributed by atoms with Crippen LogP contribution in [-0.4, -0.2) is 5.78 Å². The van der Waals surface area contributed by atoms with Gasteiger partial charge in [0.05, 0.1) is 0 Å². The van der Waals surface area contributed by atoms with Gasteiger partial charge in [-0.3, -0.25) is 4.79 Å². The van der Waals surface area contributed by atoms with Crippen LogP contribution in [0.5, 0.6) is 0 Å². The maximum absolute atomic E-state index is 12.6. The van der Waals surface area contributed by atoms with Gasteiger partial charge in [-0.1, -0.05) is 33.3 Å². The minimum Gasteiger partial charge on any atom is -0.294 e. The number of allylic oxidation sites excluding steroid dienone is 2. The second kappa shape index (κ2) is 3.72. The van der Waals surface area contributed by atoms with Gasteiger partial charge in [0, 0.05) is 5.41 Å². The molecule has 0 N–H and O–H groups in total. The van der Waals surface area contributed by atoms with Gasteiger partial charge in [0.2, 0.25) is 0 Å². The summed E-state index contributed by atoms with van der Waals surface area (Å²) in [6.45, 7) is 11.0. The Kier molecular flexibility index (Phi) is 2.76. The van der Waals surface area contributed by atoms with Gasteiger partial charge < -0.3 is 0 Å². The second-order valence-corrected chi connectivity index (χ2v) is 6.31.